The van der Waals surface area contributed by atoms with E-state index in [2.05, 4.69) is 4.98 Å². The third-order valence-corrected chi connectivity index (χ3v) is 3.13. The molecule has 7 nitrogen and oxygen atoms in total. The van der Waals surface area contributed by atoms with E-state index in [1.165, 1.54) is 4.90 Å². The zero-order valence-electron chi connectivity index (χ0n) is 10.1. The van der Waals surface area contributed by atoms with Crippen LogP contribution in [-0.2, 0) is 4.79 Å². The van der Waals surface area contributed by atoms with Gasteiger partial charge in [0.25, 0.3) is 11.5 Å². The molecular weight excluding hydrogens is 252 g/mol. The number of aromatic nitrogens is 1. The smallest absolute Gasteiger partial charge is 0.326 e. The average molecular weight is 266 g/mol. The molecular formula is C12H14N2O5. The van der Waals surface area contributed by atoms with E-state index in [0.717, 1.165) is 25.0 Å². The Kier molecular flexibility index (Phi) is 3.55. The van der Waals surface area contributed by atoms with Gasteiger partial charge in [0.2, 0.25) is 0 Å². The first-order chi connectivity index (χ1) is 8.99. The molecule has 1 aromatic heterocycles. The number of pyridine rings is 1. The van der Waals surface area contributed by atoms with Gasteiger partial charge in [-0.2, -0.15) is 0 Å². The standard InChI is InChI=1S/C12H14N2O5/c15-9-5-7(6-10(16)13-9)11(17)14-4-2-1-3-8(14)12(18)19/h5-6,8H,1-4H2,(H,18,19)(H2,13,15,16)/t8-/m0/s1. The fraction of sp³-hybridized carbons (Fsp3) is 0.417. The van der Waals surface area contributed by atoms with Crippen LogP contribution < -0.4 is 5.56 Å². The number of aromatic hydroxyl groups is 1. The highest BCUT2D eigenvalue weighted by molar-refractivity contribution is 5.96. The van der Waals surface area contributed by atoms with Crippen molar-refractivity contribution in [1.29, 1.82) is 0 Å². The van der Waals surface area contributed by atoms with Gasteiger partial charge < -0.3 is 15.1 Å². The maximum absolute atomic E-state index is 12.2. The van der Waals surface area contributed by atoms with E-state index in [9.17, 15) is 19.5 Å². The molecule has 0 bridgehead atoms. The molecule has 102 valence electrons. The largest absolute Gasteiger partial charge is 0.494 e. The minimum atomic E-state index is -1.05. The number of carbonyl (C=O) groups is 2. The Bertz CT molecular complexity index is 565. The fourth-order valence-corrected chi connectivity index (χ4v) is 2.25. The highest BCUT2D eigenvalue weighted by Gasteiger charge is 2.32. The molecule has 1 aromatic rings. The molecule has 0 aliphatic carbocycles. The number of hydrogen-bond acceptors (Lipinski definition) is 4. The van der Waals surface area contributed by atoms with Gasteiger partial charge in [0.15, 0.2) is 5.88 Å². The van der Waals surface area contributed by atoms with E-state index in [1.54, 1.807) is 0 Å². The molecule has 0 unspecified atom stereocenters. The molecule has 1 saturated heterocycles. The number of likely N-dealkylation sites (tertiary alicyclic amines) is 1. The number of nitrogens with one attached hydrogen (secondary N) is 1. The van der Waals surface area contributed by atoms with Crippen LogP contribution in [0.4, 0.5) is 0 Å². The van der Waals surface area contributed by atoms with Crippen LogP contribution in [0.1, 0.15) is 29.6 Å². The first-order valence-electron chi connectivity index (χ1n) is 5.96. The molecule has 2 rings (SSSR count). The molecule has 0 saturated carbocycles. The van der Waals surface area contributed by atoms with E-state index < -0.39 is 29.4 Å². The maximum atomic E-state index is 12.2. The van der Waals surface area contributed by atoms with Crippen LogP contribution in [0.3, 0.4) is 0 Å². The van der Waals surface area contributed by atoms with Gasteiger partial charge in [-0.15, -0.1) is 0 Å². The molecule has 1 fully saturated rings. The molecule has 1 amide bonds. The van der Waals surface area contributed by atoms with Crippen molar-refractivity contribution in [1.82, 2.24) is 9.88 Å². The number of carbonyl (C=O) groups excluding carboxylic acids is 1. The summed E-state index contributed by atoms with van der Waals surface area (Å²) >= 11 is 0. The Morgan fingerprint density at radius 3 is 2.68 bits per heavy atom. The quantitative estimate of drug-likeness (QED) is 0.706. The molecule has 3 N–H and O–H groups in total. The Balaban J connectivity index is 2.31. The number of hydrogen-bond donors (Lipinski definition) is 3. The topological polar surface area (TPSA) is 111 Å². The Morgan fingerprint density at radius 2 is 2.05 bits per heavy atom. The summed E-state index contributed by atoms with van der Waals surface area (Å²) in [6, 6.07) is 1.30. The first-order valence-corrected chi connectivity index (χ1v) is 5.96. The zero-order valence-corrected chi connectivity index (χ0v) is 10.1. The lowest BCUT2D eigenvalue weighted by Gasteiger charge is -2.32. The highest BCUT2D eigenvalue weighted by Crippen LogP contribution is 2.20. The molecule has 0 radical (unpaired) electrons. The van der Waals surface area contributed by atoms with Crippen LogP contribution >= 0.6 is 0 Å². The van der Waals surface area contributed by atoms with Crippen molar-refractivity contribution < 1.29 is 19.8 Å². The van der Waals surface area contributed by atoms with E-state index >= 15 is 0 Å². The van der Waals surface area contributed by atoms with Crippen LogP contribution in [0.5, 0.6) is 5.88 Å². The number of rotatable bonds is 2. The molecule has 2 heterocycles. The molecule has 0 spiro atoms. The second-order valence-electron chi connectivity index (χ2n) is 4.47. The summed E-state index contributed by atoms with van der Waals surface area (Å²) in [6.45, 7) is 0.337. The van der Waals surface area contributed by atoms with Crippen molar-refractivity contribution in [2.24, 2.45) is 0 Å². The lowest BCUT2D eigenvalue weighted by molar-refractivity contribution is -0.143. The molecule has 7 heteroatoms. The minimum Gasteiger partial charge on any atom is -0.494 e. The molecule has 19 heavy (non-hydrogen) atoms. The summed E-state index contributed by atoms with van der Waals surface area (Å²) in [5, 5.41) is 18.4. The van der Waals surface area contributed by atoms with Crippen molar-refractivity contribution >= 4 is 11.9 Å². The summed E-state index contributed by atoms with van der Waals surface area (Å²) < 4.78 is 0. The Labute approximate surface area is 108 Å². The monoisotopic (exact) mass is 266 g/mol. The number of amides is 1. The number of carboxylic acids is 1. The van der Waals surface area contributed by atoms with Crippen LogP contribution in [0, 0.1) is 0 Å². The number of carboxylic acid groups (broad SMARTS) is 1. The minimum absolute atomic E-state index is 0.00519. The number of nitrogens with zero attached hydrogens (tertiary/aromatic N) is 1. The van der Waals surface area contributed by atoms with Gasteiger partial charge in [0.1, 0.15) is 6.04 Å². The van der Waals surface area contributed by atoms with Crippen LogP contribution in [0.2, 0.25) is 0 Å². The van der Waals surface area contributed by atoms with Crippen molar-refractivity contribution in [2.45, 2.75) is 25.3 Å². The van der Waals surface area contributed by atoms with Crippen molar-refractivity contribution in [3.8, 4) is 5.88 Å². The lowest BCUT2D eigenvalue weighted by atomic mass is 10.0. The number of H-pyrrole nitrogens is 1. The van der Waals surface area contributed by atoms with E-state index in [4.69, 9.17) is 5.11 Å². The van der Waals surface area contributed by atoms with Gasteiger partial charge >= 0.3 is 5.97 Å². The average Bonchev–Trinajstić information content (AvgIpc) is 2.36. The predicted octanol–water partition coefficient (Wildman–Crippen LogP) is 0.160. The predicted molar refractivity (Wildman–Crippen MR) is 65.0 cm³/mol. The zero-order chi connectivity index (χ0) is 14.0. The van der Waals surface area contributed by atoms with Crippen LogP contribution in [-0.4, -0.2) is 44.6 Å². The first kappa shape index (κ1) is 13.1. The Morgan fingerprint density at radius 1 is 1.32 bits per heavy atom. The van der Waals surface area contributed by atoms with Gasteiger partial charge in [-0.3, -0.25) is 14.6 Å². The number of piperidine rings is 1. The fourth-order valence-electron chi connectivity index (χ4n) is 2.25. The van der Waals surface area contributed by atoms with E-state index in [0.29, 0.717) is 13.0 Å². The van der Waals surface area contributed by atoms with Crippen molar-refractivity contribution in [3.05, 3.63) is 28.0 Å². The maximum Gasteiger partial charge on any atom is 0.326 e. The second kappa shape index (κ2) is 5.13. The van der Waals surface area contributed by atoms with E-state index in [1.807, 2.05) is 0 Å². The number of aromatic amines is 1. The van der Waals surface area contributed by atoms with Gasteiger partial charge in [-0.1, -0.05) is 0 Å². The van der Waals surface area contributed by atoms with Gasteiger partial charge in [-0.05, 0) is 19.3 Å². The van der Waals surface area contributed by atoms with Gasteiger partial charge in [0.05, 0.1) is 5.56 Å². The molecule has 0 aromatic carbocycles. The molecule has 1 atom stereocenters. The number of aliphatic carboxylic acids is 1. The Hall–Kier alpha value is -2.31. The van der Waals surface area contributed by atoms with E-state index in [-0.39, 0.29) is 5.56 Å². The van der Waals surface area contributed by atoms with Gasteiger partial charge in [-0.25, -0.2) is 4.79 Å². The van der Waals surface area contributed by atoms with Crippen LogP contribution in [0.15, 0.2) is 16.9 Å². The second-order valence-corrected chi connectivity index (χ2v) is 4.47. The summed E-state index contributed by atoms with van der Waals surface area (Å²) in [5.41, 5.74) is -0.610. The summed E-state index contributed by atoms with van der Waals surface area (Å²) in [6.07, 6.45) is 1.88. The third kappa shape index (κ3) is 2.75. The van der Waals surface area contributed by atoms with Crippen LogP contribution in [0.25, 0.3) is 0 Å². The summed E-state index contributed by atoms with van der Waals surface area (Å²) in [4.78, 5) is 37.9. The van der Waals surface area contributed by atoms with Crippen molar-refractivity contribution in [3.63, 3.8) is 0 Å². The third-order valence-electron chi connectivity index (χ3n) is 3.13. The lowest BCUT2D eigenvalue weighted by Crippen LogP contribution is -2.48. The SMILES string of the molecule is O=C(O)[C@@H]1CCCCN1C(=O)c1cc(O)[nH]c(=O)c1. The van der Waals surface area contributed by atoms with Crippen molar-refractivity contribution in [2.75, 3.05) is 6.54 Å². The normalized spacial score (nSPS) is 19.2. The summed E-state index contributed by atoms with van der Waals surface area (Å²) in [5.74, 6) is -2.02. The summed E-state index contributed by atoms with van der Waals surface area (Å²) in [7, 11) is 0. The molecule has 1 aliphatic heterocycles. The highest BCUT2D eigenvalue weighted by atomic mass is 16.4. The molecule has 1 aliphatic rings. The van der Waals surface area contributed by atoms with Gasteiger partial charge in [0, 0.05) is 18.7 Å².